The number of amides is 1. The van der Waals surface area contributed by atoms with Crippen molar-refractivity contribution in [2.45, 2.75) is 0 Å². The third kappa shape index (κ3) is 2.09. The van der Waals surface area contributed by atoms with E-state index in [1.54, 1.807) is 23.7 Å². The minimum absolute atomic E-state index is 0.158. The van der Waals surface area contributed by atoms with Gasteiger partial charge in [0.1, 0.15) is 5.75 Å². The van der Waals surface area contributed by atoms with Crippen LogP contribution in [-0.2, 0) is 7.05 Å². The normalized spacial score (nSPS) is 10.7. The number of aryl methyl sites for hydroxylation is 1. The van der Waals surface area contributed by atoms with Gasteiger partial charge in [-0.05, 0) is 36.4 Å². The van der Waals surface area contributed by atoms with Gasteiger partial charge in [0.05, 0.1) is 11.0 Å². The van der Waals surface area contributed by atoms with Gasteiger partial charge in [0.25, 0.3) is 5.91 Å². The zero-order valence-electron chi connectivity index (χ0n) is 10.9. The quantitative estimate of drug-likeness (QED) is 0.701. The van der Waals surface area contributed by atoms with Crippen LogP contribution in [0.4, 0.5) is 5.69 Å². The van der Waals surface area contributed by atoms with Gasteiger partial charge >= 0.3 is 0 Å². The van der Waals surface area contributed by atoms with Crippen LogP contribution in [0.1, 0.15) is 10.6 Å². The highest BCUT2D eigenvalue weighted by Gasteiger charge is 2.15. The molecule has 0 bridgehead atoms. The predicted octanol–water partition coefficient (Wildman–Crippen LogP) is 2.53. The molecule has 100 valence electrons. The third-order valence-corrected chi connectivity index (χ3v) is 3.12. The van der Waals surface area contributed by atoms with Gasteiger partial charge in [0.15, 0.2) is 5.82 Å². The molecule has 3 rings (SSSR count). The molecule has 0 saturated heterocycles. The predicted molar refractivity (Wildman–Crippen MR) is 76.8 cm³/mol. The Kier molecular flexibility index (Phi) is 2.87. The molecule has 0 aliphatic carbocycles. The molecule has 0 atom stereocenters. The Labute approximate surface area is 115 Å². The van der Waals surface area contributed by atoms with Crippen LogP contribution in [0, 0.1) is 0 Å². The van der Waals surface area contributed by atoms with Crippen LogP contribution in [0.5, 0.6) is 5.75 Å². The third-order valence-electron chi connectivity index (χ3n) is 3.12. The maximum absolute atomic E-state index is 12.2. The number of rotatable bonds is 2. The number of nitrogens with zero attached hydrogens (tertiary/aromatic N) is 2. The van der Waals surface area contributed by atoms with Gasteiger partial charge in [-0.3, -0.25) is 4.79 Å². The fourth-order valence-electron chi connectivity index (χ4n) is 2.08. The van der Waals surface area contributed by atoms with Crippen LogP contribution in [-0.4, -0.2) is 20.6 Å². The summed E-state index contributed by atoms with van der Waals surface area (Å²) in [5.74, 6) is 0.222. The van der Waals surface area contributed by atoms with E-state index in [2.05, 4.69) is 10.3 Å². The molecule has 20 heavy (non-hydrogen) atoms. The topological polar surface area (TPSA) is 67.2 Å². The minimum Gasteiger partial charge on any atom is -0.508 e. The summed E-state index contributed by atoms with van der Waals surface area (Å²) in [5, 5.41) is 12.0. The Hall–Kier alpha value is -2.82. The second-order valence-corrected chi connectivity index (χ2v) is 4.48. The largest absolute Gasteiger partial charge is 0.508 e. The zero-order valence-corrected chi connectivity index (χ0v) is 10.9. The average molecular weight is 267 g/mol. The minimum atomic E-state index is -0.283. The molecule has 0 aliphatic heterocycles. The van der Waals surface area contributed by atoms with Crippen molar-refractivity contribution in [3.05, 3.63) is 54.4 Å². The zero-order chi connectivity index (χ0) is 14.1. The summed E-state index contributed by atoms with van der Waals surface area (Å²) in [4.78, 5) is 16.6. The van der Waals surface area contributed by atoms with E-state index in [0.29, 0.717) is 11.5 Å². The van der Waals surface area contributed by atoms with Gasteiger partial charge in [0, 0.05) is 12.7 Å². The number of benzene rings is 2. The fraction of sp³-hybridized carbons (Fsp3) is 0.0667. The molecule has 2 aromatic carbocycles. The number of hydrogen-bond acceptors (Lipinski definition) is 3. The van der Waals surface area contributed by atoms with Crippen LogP contribution < -0.4 is 5.32 Å². The molecular weight excluding hydrogens is 254 g/mol. The second kappa shape index (κ2) is 4.70. The van der Waals surface area contributed by atoms with E-state index in [9.17, 15) is 9.90 Å². The maximum atomic E-state index is 12.2. The highest BCUT2D eigenvalue weighted by atomic mass is 16.3. The Balaban J connectivity index is 1.92. The fourth-order valence-corrected chi connectivity index (χ4v) is 2.08. The molecule has 3 aromatic rings. The Morgan fingerprint density at radius 3 is 2.55 bits per heavy atom. The van der Waals surface area contributed by atoms with Crippen LogP contribution >= 0.6 is 0 Å². The molecule has 5 heteroatoms. The number of para-hydroxylation sites is 2. The molecule has 0 spiro atoms. The van der Waals surface area contributed by atoms with Gasteiger partial charge in [0.2, 0.25) is 0 Å². The monoisotopic (exact) mass is 267 g/mol. The lowest BCUT2D eigenvalue weighted by molar-refractivity contribution is 0.101. The molecule has 2 N–H and O–H groups in total. The van der Waals surface area contributed by atoms with Crippen molar-refractivity contribution in [2.24, 2.45) is 7.05 Å². The average Bonchev–Trinajstić information content (AvgIpc) is 2.79. The molecule has 5 nitrogen and oxygen atoms in total. The van der Waals surface area contributed by atoms with Crippen molar-refractivity contribution >= 4 is 22.6 Å². The van der Waals surface area contributed by atoms with E-state index in [0.717, 1.165) is 11.0 Å². The lowest BCUT2D eigenvalue weighted by Crippen LogP contribution is -2.16. The first kappa shape index (κ1) is 12.2. The number of nitrogens with one attached hydrogen (secondary N) is 1. The molecule has 0 unspecified atom stereocenters. The van der Waals surface area contributed by atoms with Crippen molar-refractivity contribution in [1.29, 1.82) is 0 Å². The van der Waals surface area contributed by atoms with E-state index in [1.165, 1.54) is 12.1 Å². The van der Waals surface area contributed by atoms with Crippen molar-refractivity contribution in [3.63, 3.8) is 0 Å². The first-order chi connectivity index (χ1) is 9.65. The summed E-state index contributed by atoms with van der Waals surface area (Å²) in [7, 11) is 1.81. The highest BCUT2D eigenvalue weighted by Crippen LogP contribution is 2.17. The maximum Gasteiger partial charge on any atom is 0.291 e. The number of imidazole rings is 1. The molecule has 1 heterocycles. The molecular formula is C15H13N3O2. The molecule has 1 aromatic heterocycles. The molecule has 1 amide bonds. The van der Waals surface area contributed by atoms with Gasteiger partial charge < -0.3 is 15.0 Å². The summed E-state index contributed by atoms with van der Waals surface area (Å²) >= 11 is 0. The van der Waals surface area contributed by atoms with Crippen LogP contribution in [0.15, 0.2) is 48.5 Å². The van der Waals surface area contributed by atoms with E-state index in [1.807, 2.05) is 24.3 Å². The highest BCUT2D eigenvalue weighted by molar-refractivity contribution is 6.03. The summed E-state index contributed by atoms with van der Waals surface area (Å²) < 4.78 is 1.76. The number of fused-ring (bicyclic) bond motifs is 1. The van der Waals surface area contributed by atoms with Gasteiger partial charge in [-0.1, -0.05) is 12.1 Å². The smallest absolute Gasteiger partial charge is 0.291 e. The number of carbonyl (C=O) groups excluding carboxylic acids is 1. The van der Waals surface area contributed by atoms with Crippen LogP contribution in [0.25, 0.3) is 11.0 Å². The van der Waals surface area contributed by atoms with E-state index in [-0.39, 0.29) is 11.7 Å². The first-order valence-corrected chi connectivity index (χ1v) is 6.17. The molecule has 0 aliphatic rings. The summed E-state index contributed by atoms with van der Waals surface area (Å²) in [6.45, 7) is 0. The van der Waals surface area contributed by atoms with Crippen molar-refractivity contribution in [2.75, 3.05) is 5.32 Å². The number of hydrogen-bond donors (Lipinski definition) is 2. The van der Waals surface area contributed by atoms with Gasteiger partial charge in [-0.15, -0.1) is 0 Å². The number of phenolic OH excluding ortho intramolecular Hbond substituents is 1. The number of anilines is 1. The Morgan fingerprint density at radius 1 is 1.15 bits per heavy atom. The number of aromatic hydroxyl groups is 1. The molecule has 0 fully saturated rings. The van der Waals surface area contributed by atoms with Crippen LogP contribution in [0.3, 0.4) is 0 Å². The van der Waals surface area contributed by atoms with E-state index in [4.69, 9.17) is 0 Å². The SMILES string of the molecule is Cn1c(C(=O)Nc2ccc(O)cc2)nc2ccccc21. The summed E-state index contributed by atoms with van der Waals surface area (Å²) in [6.07, 6.45) is 0. The van der Waals surface area contributed by atoms with Gasteiger partial charge in [-0.2, -0.15) is 0 Å². The number of carbonyl (C=O) groups is 1. The van der Waals surface area contributed by atoms with Crippen molar-refractivity contribution < 1.29 is 9.90 Å². The van der Waals surface area contributed by atoms with E-state index < -0.39 is 0 Å². The molecule has 0 saturated carbocycles. The summed E-state index contributed by atoms with van der Waals surface area (Å²) in [6, 6.07) is 13.9. The first-order valence-electron chi connectivity index (χ1n) is 6.17. The van der Waals surface area contributed by atoms with Gasteiger partial charge in [-0.25, -0.2) is 4.98 Å². The summed E-state index contributed by atoms with van der Waals surface area (Å²) in [5.41, 5.74) is 2.30. The Bertz CT molecular complexity index is 775. The molecule has 0 radical (unpaired) electrons. The lowest BCUT2D eigenvalue weighted by atomic mass is 10.3. The second-order valence-electron chi connectivity index (χ2n) is 4.48. The van der Waals surface area contributed by atoms with Crippen molar-refractivity contribution in [1.82, 2.24) is 9.55 Å². The number of aromatic nitrogens is 2. The van der Waals surface area contributed by atoms with Crippen LogP contribution in [0.2, 0.25) is 0 Å². The Morgan fingerprint density at radius 2 is 1.85 bits per heavy atom. The lowest BCUT2D eigenvalue weighted by Gasteiger charge is -2.05. The van der Waals surface area contributed by atoms with E-state index >= 15 is 0 Å². The van der Waals surface area contributed by atoms with Crippen molar-refractivity contribution in [3.8, 4) is 5.75 Å². The number of phenols is 1. The standard InChI is InChI=1S/C15H13N3O2/c1-18-13-5-3-2-4-12(13)17-14(18)15(20)16-10-6-8-11(19)9-7-10/h2-9,19H,1H3,(H,16,20).